The summed E-state index contributed by atoms with van der Waals surface area (Å²) in [5.74, 6) is 0. The molecule has 1 unspecified atom stereocenters. The van der Waals surface area contributed by atoms with Crippen molar-refractivity contribution in [3.8, 4) is 0 Å². The highest BCUT2D eigenvalue weighted by molar-refractivity contribution is 7.10. The van der Waals surface area contributed by atoms with E-state index in [-0.39, 0.29) is 6.04 Å². The minimum atomic E-state index is 0.263. The van der Waals surface area contributed by atoms with Gasteiger partial charge in [0.2, 0.25) is 0 Å². The molecule has 2 aromatic rings. The number of nitrogens with one attached hydrogen (secondary N) is 1. The summed E-state index contributed by atoms with van der Waals surface area (Å²) in [4.78, 5) is 1.22. The number of nitrogens with zero attached hydrogens (tertiary/aromatic N) is 2. The average molecular weight is 312 g/mol. The fourth-order valence-electron chi connectivity index (χ4n) is 2.39. The predicted octanol–water partition coefficient (Wildman–Crippen LogP) is 4.07. The van der Waals surface area contributed by atoms with Gasteiger partial charge in [-0.25, -0.2) is 0 Å². The van der Waals surface area contributed by atoms with Crippen LogP contribution in [0.2, 0.25) is 5.02 Å². The molecule has 20 heavy (non-hydrogen) atoms. The zero-order chi connectivity index (χ0) is 14.5. The lowest BCUT2D eigenvalue weighted by Crippen LogP contribution is -2.23. The summed E-state index contributed by atoms with van der Waals surface area (Å²) in [6, 6.07) is 4.45. The molecule has 2 aromatic heterocycles. The van der Waals surface area contributed by atoms with Gasteiger partial charge in [0.15, 0.2) is 0 Å². The SMILES string of the molecule is CCNC(Cc1cc(CC)nn1CC)c1sccc1Cl. The molecule has 110 valence electrons. The molecule has 0 aromatic carbocycles. The normalized spacial score (nSPS) is 12.8. The van der Waals surface area contributed by atoms with E-state index in [1.807, 2.05) is 6.07 Å². The fraction of sp³-hybridized carbons (Fsp3) is 0.533. The van der Waals surface area contributed by atoms with Gasteiger partial charge in [-0.15, -0.1) is 11.3 Å². The van der Waals surface area contributed by atoms with Gasteiger partial charge in [-0.05, 0) is 37.4 Å². The van der Waals surface area contributed by atoms with Crippen molar-refractivity contribution in [1.82, 2.24) is 15.1 Å². The Balaban J connectivity index is 2.24. The molecule has 0 bridgehead atoms. The van der Waals surface area contributed by atoms with Crippen LogP contribution in [0.1, 0.15) is 43.1 Å². The second-order valence-electron chi connectivity index (χ2n) is 4.74. The molecule has 0 fully saturated rings. The summed E-state index contributed by atoms with van der Waals surface area (Å²) in [5.41, 5.74) is 2.44. The van der Waals surface area contributed by atoms with E-state index in [4.69, 9.17) is 11.6 Å². The van der Waals surface area contributed by atoms with E-state index < -0.39 is 0 Å². The van der Waals surface area contributed by atoms with Crippen LogP contribution >= 0.6 is 22.9 Å². The van der Waals surface area contributed by atoms with Crippen LogP contribution in [0.15, 0.2) is 17.5 Å². The number of aryl methyl sites for hydroxylation is 2. The van der Waals surface area contributed by atoms with Crippen LogP contribution in [0.4, 0.5) is 0 Å². The fourth-order valence-corrected chi connectivity index (χ4v) is 3.66. The van der Waals surface area contributed by atoms with Crippen LogP contribution < -0.4 is 5.32 Å². The first-order valence-electron chi connectivity index (χ1n) is 7.21. The summed E-state index contributed by atoms with van der Waals surface area (Å²) in [6.07, 6.45) is 1.90. The highest BCUT2D eigenvalue weighted by atomic mass is 35.5. The van der Waals surface area contributed by atoms with E-state index >= 15 is 0 Å². The first kappa shape index (κ1) is 15.5. The van der Waals surface area contributed by atoms with Gasteiger partial charge in [-0.3, -0.25) is 4.68 Å². The van der Waals surface area contributed by atoms with Crippen molar-refractivity contribution in [3.05, 3.63) is 38.8 Å². The van der Waals surface area contributed by atoms with Crippen molar-refractivity contribution in [3.63, 3.8) is 0 Å². The zero-order valence-electron chi connectivity index (χ0n) is 12.3. The molecule has 1 atom stereocenters. The van der Waals surface area contributed by atoms with Gasteiger partial charge in [0, 0.05) is 29.6 Å². The van der Waals surface area contributed by atoms with Crippen molar-refractivity contribution >= 4 is 22.9 Å². The Morgan fingerprint density at radius 3 is 2.75 bits per heavy atom. The average Bonchev–Trinajstić information content (AvgIpc) is 3.04. The molecular formula is C15H22ClN3S. The van der Waals surface area contributed by atoms with Crippen LogP contribution in [0.5, 0.6) is 0 Å². The van der Waals surface area contributed by atoms with Gasteiger partial charge in [0.1, 0.15) is 0 Å². The smallest absolute Gasteiger partial charge is 0.0624 e. The second-order valence-corrected chi connectivity index (χ2v) is 6.10. The molecule has 3 nitrogen and oxygen atoms in total. The van der Waals surface area contributed by atoms with Gasteiger partial charge in [0.05, 0.1) is 10.7 Å². The molecule has 0 aliphatic carbocycles. The maximum Gasteiger partial charge on any atom is 0.0624 e. The number of likely N-dealkylation sites (N-methyl/N-ethyl adjacent to an activating group) is 1. The molecular weight excluding hydrogens is 290 g/mol. The Morgan fingerprint density at radius 2 is 2.20 bits per heavy atom. The predicted molar refractivity (Wildman–Crippen MR) is 86.7 cm³/mol. The van der Waals surface area contributed by atoms with Gasteiger partial charge in [-0.2, -0.15) is 5.10 Å². The topological polar surface area (TPSA) is 29.9 Å². The lowest BCUT2D eigenvalue weighted by Gasteiger charge is -2.17. The van der Waals surface area contributed by atoms with E-state index in [0.29, 0.717) is 0 Å². The lowest BCUT2D eigenvalue weighted by atomic mass is 10.1. The maximum atomic E-state index is 6.29. The first-order valence-corrected chi connectivity index (χ1v) is 8.47. The third-order valence-corrected chi connectivity index (χ3v) is 4.87. The Morgan fingerprint density at radius 1 is 1.40 bits per heavy atom. The summed E-state index contributed by atoms with van der Waals surface area (Å²) >= 11 is 8.01. The van der Waals surface area contributed by atoms with Crippen molar-refractivity contribution < 1.29 is 0 Å². The second kappa shape index (κ2) is 7.25. The quantitative estimate of drug-likeness (QED) is 0.835. The molecule has 2 heterocycles. The van der Waals surface area contributed by atoms with E-state index in [9.17, 15) is 0 Å². The lowest BCUT2D eigenvalue weighted by molar-refractivity contribution is 0.522. The standard InChI is InChI=1S/C15H22ClN3S/c1-4-11-9-12(19(6-3)18-11)10-14(17-5-2)15-13(16)7-8-20-15/h7-9,14,17H,4-6,10H2,1-3H3. The van der Waals surface area contributed by atoms with E-state index in [1.165, 1.54) is 10.6 Å². The van der Waals surface area contributed by atoms with Gasteiger partial charge >= 0.3 is 0 Å². The number of hydrogen-bond donors (Lipinski definition) is 1. The van der Waals surface area contributed by atoms with Gasteiger partial charge < -0.3 is 5.32 Å². The molecule has 0 saturated carbocycles. The van der Waals surface area contributed by atoms with Crippen LogP contribution in [0, 0.1) is 0 Å². The number of aromatic nitrogens is 2. The number of hydrogen-bond acceptors (Lipinski definition) is 3. The van der Waals surface area contributed by atoms with Crippen LogP contribution in [-0.2, 0) is 19.4 Å². The molecule has 0 spiro atoms. The molecule has 0 saturated heterocycles. The third-order valence-electron chi connectivity index (χ3n) is 3.40. The molecule has 1 N–H and O–H groups in total. The molecule has 0 aliphatic rings. The van der Waals surface area contributed by atoms with Crippen molar-refractivity contribution in [2.24, 2.45) is 0 Å². The number of thiophene rings is 1. The highest BCUT2D eigenvalue weighted by Crippen LogP contribution is 2.31. The summed E-state index contributed by atoms with van der Waals surface area (Å²) in [6.45, 7) is 8.25. The summed E-state index contributed by atoms with van der Waals surface area (Å²) < 4.78 is 2.10. The Kier molecular flexibility index (Phi) is 5.64. The number of halogens is 1. The highest BCUT2D eigenvalue weighted by Gasteiger charge is 2.18. The summed E-state index contributed by atoms with van der Waals surface area (Å²) in [5, 5.41) is 11.1. The minimum absolute atomic E-state index is 0.263. The van der Waals surface area contributed by atoms with Gasteiger partial charge in [-0.1, -0.05) is 25.4 Å². The van der Waals surface area contributed by atoms with Crippen LogP contribution in [0.3, 0.4) is 0 Å². The zero-order valence-corrected chi connectivity index (χ0v) is 13.9. The number of rotatable bonds is 7. The Labute approximate surface area is 130 Å². The largest absolute Gasteiger partial charge is 0.309 e. The molecule has 2 rings (SSSR count). The van der Waals surface area contributed by atoms with Crippen molar-refractivity contribution in [2.75, 3.05) is 6.54 Å². The summed E-state index contributed by atoms with van der Waals surface area (Å²) in [7, 11) is 0. The van der Waals surface area contributed by atoms with E-state index in [0.717, 1.165) is 36.6 Å². The van der Waals surface area contributed by atoms with Crippen molar-refractivity contribution in [2.45, 2.75) is 46.2 Å². The third kappa shape index (κ3) is 3.43. The van der Waals surface area contributed by atoms with E-state index in [1.54, 1.807) is 11.3 Å². The Hall–Kier alpha value is -0.840. The molecule has 0 amide bonds. The molecule has 0 radical (unpaired) electrons. The first-order chi connectivity index (χ1) is 9.69. The maximum absolute atomic E-state index is 6.29. The van der Waals surface area contributed by atoms with Crippen LogP contribution in [0.25, 0.3) is 0 Å². The van der Waals surface area contributed by atoms with E-state index in [2.05, 4.69) is 47.3 Å². The monoisotopic (exact) mass is 311 g/mol. The minimum Gasteiger partial charge on any atom is -0.309 e. The Bertz CT molecular complexity index is 547. The van der Waals surface area contributed by atoms with Crippen molar-refractivity contribution in [1.29, 1.82) is 0 Å². The van der Waals surface area contributed by atoms with Crippen LogP contribution in [-0.4, -0.2) is 16.3 Å². The van der Waals surface area contributed by atoms with Gasteiger partial charge in [0.25, 0.3) is 0 Å². The molecule has 0 aliphatic heterocycles. The molecule has 5 heteroatoms.